The molecule has 0 saturated carbocycles. The molecule has 0 fully saturated rings. The molecule has 0 bridgehead atoms. The average Bonchev–Trinajstić information content (AvgIpc) is 2.38. The van der Waals surface area contributed by atoms with Gasteiger partial charge in [0.1, 0.15) is 11.7 Å². The van der Waals surface area contributed by atoms with Crippen LogP contribution in [-0.2, 0) is 9.53 Å². The molecule has 0 aliphatic heterocycles. The van der Waals surface area contributed by atoms with E-state index in [-0.39, 0.29) is 10.6 Å². The lowest BCUT2D eigenvalue weighted by Crippen LogP contribution is -2.26. The Morgan fingerprint density at radius 1 is 1.42 bits per heavy atom. The molecule has 1 unspecified atom stereocenters. The number of benzene rings is 1. The molecule has 0 spiro atoms. The van der Waals surface area contributed by atoms with Crippen LogP contribution in [0.4, 0.5) is 4.39 Å². The van der Waals surface area contributed by atoms with Crippen LogP contribution in [0.15, 0.2) is 18.2 Å². The second-order valence-corrected chi connectivity index (χ2v) is 4.64. The van der Waals surface area contributed by atoms with E-state index in [1.807, 2.05) is 6.92 Å². The number of carbonyl (C=O) groups is 2. The van der Waals surface area contributed by atoms with E-state index in [9.17, 15) is 14.0 Å². The Bertz CT molecular complexity index is 474. The minimum Gasteiger partial charge on any atom is -0.468 e. The molecule has 1 atom stereocenters. The van der Waals surface area contributed by atoms with Gasteiger partial charge in [0.2, 0.25) is 0 Å². The van der Waals surface area contributed by atoms with Crippen molar-refractivity contribution in [2.45, 2.75) is 26.2 Å². The molecule has 0 amide bonds. The van der Waals surface area contributed by atoms with Crippen LogP contribution in [0, 0.1) is 11.7 Å². The van der Waals surface area contributed by atoms with E-state index >= 15 is 0 Å². The molecule has 19 heavy (non-hydrogen) atoms. The first-order chi connectivity index (χ1) is 9.01. The fourth-order valence-corrected chi connectivity index (χ4v) is 1.94. The van der Waals surface area contributed by atoms with Crippen molar-refractivity contribution in [3.05, 3.63) is 34.6 Å². The van der Waals surface area contributed by atoms with Gasteiger partial charge >= 0.3 is 5.97 Å². The topological polar surface area (TPSA) is 43.4 Å². The number of methoxy groups -OCH3 is 1. The quantitative estimate of drug-likeness (QED) is 0.455. The summed E-state index contributed by atoms with van der Waals surface area (Å²) < 4.78 is 18.3. The standard InChI is InChI=1S/C14H16ClFO3/c1-3-4-5-11(14(18)19-2)13(17)10-7-6-9(15)8-12(10)16/h6-8,11H,3-5H2,1-2H3. The predicted molar refractivity (Wildman–Crippen MR) is 70.8 cm³/mol. The molecule has 0 N–H and O–H groups in total. The lowest BCUT2D eigenvalue weighted by molar-refractivity contribution is -0.143. The van der Waals surface area contributed by atoms with Gasteiger partial charge in [0.05, 0.1) is 12.7 Å². The number of ketones is 1. The molecule has 1 aromatic carbocycles. The number of carbonyl (C=O) groups excluding carboxylic acids is 2. The van der Waals surface area contributed by atoms with Crippen LogP contribution in [0.5, 0.6) is 0 Å². The normalized spacial score (nSPS) is 12.0. The molecule has 0 radical (unpaired) electrons. The largest absolute Gasteiger partial charge is 0.468 e. The first-order valence-corrected chi connectivity index (χ1v) is 6.46. The Kier molecular flexibility index (Phi) is 5.96. The first kappa shape index (κ1) is 15.6. The van der Waals surface area contributed by atoms with Gasteiger partial charge in [-0.25, -0.2) is 4.39 Å². The van der Waals surface area contributed by atoms with Gasteiger partial charge in [-0.2, -0.15) is 0 Å². The highest BCUT2D eigenvalue weighted by atomic mass is 35.5. The number of esters is 1. The highest BCUT2D eigenvalue weighted by Crippen LogP contribution is 2.21. The van der Waals surface area contributed by atoms with E-state index in [0.717, 1.165) is 12.5 Å². The third-order valence-electron chi connectivity index (χ3n) is 2.85. The third-order valence-corrected chi connectivity index (χ3v) is 3.08. The van der Waals surface area contributed by atoms with Crippen molar-refractivity contribution in [1.82, 2.24) is 0 Å². The molecular formula is C14H16ClFO3. The molecule has 104 valence electrons. The van der Waals surface area contributed by atoms with E-state index in [0.29, 0.717) is 12.8 Å². The summed E-state index contributed by atoms with van der Waals surface area (Å²) in [4.78, 5) is 23.8. The molecule has 5 heteroatoms. The van der Waals surface area contributed by atoms with Gasteiger partial charge in [-0.15, -0.1) is 0 Å². The zero-order chi connectivity index (χ0) is 14.4. The SMILES string of the molecule is CCCCC(C(=O)OC)C(=O)c1ccc(Cl)cc1F. The van der Waals surface area contributed by atoms with Gasteiger partial charge in [0.25, 0.3) is 0 Å². The van der Waals surface area contributed by atoms with Crippen LogP contribution in [0.2, 0.25) is 5.02 Å². The number of hydrogen-bond donors (Lipinski definition) is 0. The van der Waals surface area contributed by atoms with E-state index in [1.54, 1.807) is 0 Å². The average molecular weight is 287 g/mol. The summed E-state index contributed by atoms with van der Waals surface area (Å²) >= 11 is 5.63. The van der Waals surface area contributed by atoms with Crippen molar-refractivity contribution in [3.8, 4) is 0 Å². The summed E-state index contributed by atoms with van der Waals surface area (Å²) in [7, 11) is 1.22. The molecule has 0 aliphatic rings. The van der Waals surface area contributed by atoms with Gasteiger partial charge in [0, 0.05) is 5.02 Å². The summed E-state index contributed by atoms with van der Waals surface area (Å²) in [5.41, 5.74) is -0.129. The number of halogens is 2. The van der Waals surface area contributed by atoms with E-state index in [1.165, 1.54) is 19.2 Å². The molecule has 0 aromatic heterocycles. The minimum absolute atomic E-state index is 0.129. The van der Waals surface area contributed by atoms with Crippen molar-refractivity contribution >= 4 is 23.4 Å². The summed E-state index contributed by atoms with van der Waals surface area (Å²) in [6.45, 7) is 1.95. The lowest BCUT2D eigenvalue weighted by Gasteiger charge is -2.13. The molecule has 1 aromatic rings. The van der Waals surface area contributed by atoms with Crippen LogP contribution in [0.3, 0.4) is 0 Å². The van der Waals surface area contributed by atoms with Crippen molar-refractivity contribution in [2.75, 3.05) is 7.11 Å². The Morgan fingerprint density at radius 3 is 2.63 bits per heavy atom. The lowest BCUT2D eigenvalue weighted by atomic mass is 9.92. The second-order valence-electron chi connectivity index (χ2n) is 4.21. The Balaban J connectivity index is 3.01. The van der Waals surface area contributed by atoms with Crippen molar-refractivity contribution in [2.24, 2.45) is 5.92 Å². The summed E-state index contributed by atoms with van der Waals surface area (Å²) in [6.07, 6.45) is 1.88. The maximum atomic E-state index is 13.7. The van der Waals surface area contributed by atoms with E-state index in [4.69, 9.17) is 11.6 Å². The van der Waals surface area contributed by atoms with Crippen LogP contribution in [0.25, 0.3) is 0 Å². The van der Waals surface area contributed by atoms with Crippen molar-refractivity contribution in [1.29, 1.82) is 0 Å². The monoisotopic (exact) mass is 286 g/mol. The van der Waals surface area contributed by atoms with E-state index in [2.05, 4.69) is 4.74 Å². The fourth-order valence-electron chi connectivity index (χ4n) is 1.78. The summed E-state index contributed by atoms with van der Waals surface area (Å²) in [5, 5.41) is 0.206. The minimum atomic E-state index is -0.958. The summed E-state index contributed by atoms with van der Waals surface area (Å²) in [5.74, 6) is -2.87. The Morgan fingerprint density at radius 2 is 2.11 bits per heavy atom. The summed E-state index contributed by atoms with van der Waals surface area (Å²) in [6, 6.07) is 3.77. The van der Waals surface area contributed by atoms with Crippen molar-refractivity contribution in [3.63, 3.8) is 0 Å². The zero-order valence-electron chi connectivity index (χ0n) is 10.9. The van der Waals surface area contributed by atoms with Gasteiger partial charge in [0.15, 0.2) is 5.78 Å². The smallest absolute Gasteiger partial charge is 0.316 e. The highest BCUT2D eigenvalue weighted by molar-refractivity contribution is 6.30. The van der Waals surface area contributed by atoms with Crippen LogP contribution >= 0.6 is 11.6 Å². The third kappa shape index (κ3) is 4.03. The van der Waals surface area contributed by atoms with Crippen LogP contribution < -0.4 is 0 Å². The van der Waals surface area contributed by atoms with Gasteiger partial charge in [-0.05, 0) is 24.6 Å². The Labute approximate surface area is 116 Å². The molecule has 3 nitrogen and oxygen atoms in total. The van der Waals surface area contributed by atoms with Crippen LogP contribution in [0.1, 0.15) is 36.5 Å². The molecular weight excluding hydrogens is 271 g/mol. The number of rotatable bonds is 6. The van der Waals surface area contributed by atoms with Gasteiger partial charge in [-0.3, -0.25) is 9.59 Å². The zero-order valence-corrected chi connectivity index (χ0v) is 11.7. The number of ether oxygens (including phenoxy) is 1. The number of Topliss-reactive ketones (excluding diaryl/α,β-unsaturated/α-hetero) is 1. The van der Waals surface area contributed by atoms with Crippen molar-refractivity contribution < 1.29 is 18.7 Å². The van der Waals surface area contributed by atoms with Gasteiger partial charge in [-0.1, -0.05) is 31.4 Å². The first-order valence-electron chi connectivity index (χ1n) is 6.08. The molecule has 1 rings (SSSR count). The fraction of sp³-hybridized carbons (Fsp3) is 0.429. The van der Waals surface area contributed by atoms with E-state index < -0.39 is 23.5 Å². The second kappa shape index (κ2) is 7.24. The van der Waals surface area contributed by atoms with Crippen LogP contribution in [-0.4, -0.2) is 18.9 Å². The molecule has 0 aliphatic carbocycles. The maximum Gasteiger partial charge on any atom is 0.316 e. The highest BCUT2D eigenvalue weighted by Gasteiger charge is 2.29. The maximum absolute atomic E-state index is 13.7. The number of unbranched alkanes of at least 4 members (excludes halogenated alkanes) is 1. The molecule has 0 saturated heterocycles. The number of hydrogen-bond acceptors (Lipinski definition) is 3. The predicted octanol–water partition coefficient (Wildman–Crippen LogP) is 3.64. The Hall–Kier alpha value is -1.42. The van der Waals surface area contributed by atoms with Gasteiger partial charge < -0.3 is 4.74 Å². The molecule has 0 heterocycles.